The Morgan fingerprint density at radius 2 is 1.24 bits per heavy atom. The molecular weight excluding hydrogens is 791 g/mol. The number of nitriles is 1. The van der Waals surface area contributed by atoms with Crippen LogP contribution >= 0.6 is 43.5 Å². The van der Waals surface area contributed by atoms with Gasteiger partial charge in [0.1, 0.15) is 0 Å². The van der Waals surface area contributed by atoms with Gasteiger partial charge < -0.3 is 21.3 Å². The van der Waals surface area contributed by atoms with Gasteiger partial charge in [-0.3, -0.25) is 0 Å². The molecule has 0 N–H and O–H groups in total. The van der Waals surface area contributed by atoms with Crippen molar-refractivity contribution in [2.75, 3.05) is 14.2 Å². The molecule has 49 heavy (non-hydrogen) atoms. The fraction of sp³-hybridized carbons (Fsp3) is 0.152. The number of nitrogens with zero attached hydrogens (tertiary/aromatic N) is 8. The molecule has 0 aliphatic heterocycles. The summed E-state index contributed by atoms with van der Waals surface area (Å²) in [6.45, 7) is 4.75. The quantitative estimate of drug-likeness (QED) is 0.102. The number of aromatic nitrogens is 6. The molecule has 12 nitrogen and oxygen atoms in total. The van der Waals surface area contributed by atoms with E-state index in [-0.39, 0.29) is 54.8 Å². The minimum Gasteiger partial charge on any atom is -0.512 e. The van der Waals surface area contributed by atoms with E-state index in [0.29, 0.717) is 33.6 Å². The third kappa shape index (κ3) is 9.30. The summed E-state index contributed by atoms with van der Waals surface area (Å²) >= 11 is 12.8. The van der Waals surface area contributed by atoms with Crippen LogP contribution in [0.15, 0.2) is 82.0 Å². The average molecular weight is 817 g/mol. The Hall–Kier alpha value is -4.15. The predicted molar refractivity (Wildman–Crippen MR) is 186 cm³/mol. The molecule has 0 fully saturated rings. The van der Waals surface area contributed by atoms with Gasteiger partial charge in [-0.25, -0.2) is 28.9 Å². The Labute approximate surface area is 326 Å². The van der Waals surface area contributed by atoms with Crippen molar-refractivity contribution >= 4 is 77.5 Å². The van der Waals surface area contributed by atoms with Gasteiger partial charge in [0.05, 0.1) is 48.9 Å². The van der Waals surface area contributed by atoms with Crippen LogP contribution in [-0.4, -0.2) is 55.7 Å². The number of esters is 2. The molecule has 4 heterocycles. The maximum absolute atomic E-state index is 11.9. The van der Waals surface area contributed by atoms with Gasteiger partial charge in [-0.2, -0.15) is 15.5 Å². The van der Waals surface area contributed by atoms with Gasteiger partial charge in [-0.1, -0.05) is 39.3 Å². The second kappa shape index (κ2) is 19.1. The number of alkyl halides is 1. The van der Waals surface area contributed by atoms with Gasteiger partial charge in [0.25, 0.3) is 0 Å². The number of benzene rings is 2. The van der Waals surface area contributed by atoms with E-state index in [2.05, 4.69) is 58.1 Å². The number of methoxy groups -OCH3 is 2. The van der Waals surface area contributed by atoms with Gasteiger partial charge in [0.2, 0.25) is 0 Å². The van der Waals surface area contributed by atoms with Crippen molar-refractivity contribution in [1.82, 2.24) is 29.5 Å². The molecule has 2 aromatic carbocycles. The molecule has 0 aliphatic rings. The zero-order valence-electron chi connectivity index (χ0n) is 25.7. The summed E-state index contributed by atoms with van der Waals surface area (Å²) in [5.74, 6) is -0.638. The van der Waals surface area contributed by atoms with Crippen LogP contribution in [-0.2, 0) is 21.8 Å². The van der Waals surface area contributed by atoms with E-state index in [1.165, 1.54) is 14.2 Å². The number of hydrogen-bond acceptors (Lipinski definition) is 10. The first-order valence-electron chi connectivity index (χ1n) is 13.4. The van der Waals surface area contributed by atoms with E-state index in [4.69, 9.17) is 38.2 Å². The van der Waals surface area contributed by atoms with E-state index in [1.807, 2.05) is 36.4 Å². The van der Waals surface area contributed by atoms with Crippen molar-refractivity contribution in [1.29, 1.82) is 10.5 Å². The number of pyridine rings is 2. The zero-order valence-corrected chi connectivity index (χ0v) is 31.6. The van der Waals surface area contributed by atoms with Crippen LogP contribution in [0.3, 0.4) is 0 Å². The minimum absolute atomic E-state index is 0. The van der Waals surface area contributed by atoms with Crippen LogP contribution in [0.2, 0.25) is 0 Å². The van der Waals surface area contributed by atoms with Gasteiger partial charge in [-0.05, 0) is 71.8 Å². The Morgan fingerprint density at radius 1 is 0.816 bits per heavy atom. The second-order valence-corrected chi connectivity index (χ2v) is 11.5. The maximum atomic E-state index is 11.9. The first-order valence-corrected chi connectivity index (χ1v) is 15.5. The molecular formula is C33H26Br2ClN8NaO4. The van der Waals surface area contributed by atoms with Crippen LogP contribution in [0.25, 0.3) is 33.4 Å². The fourth-order valence-electron chi connectivity index (χ4n) is 4.54. The number of halogens is 3. The SMILES string of the molecule is C.COC(=O)c1nn(-c2cc(Br)cc(CC#N)c2)c2ncccc12.COC(=O)c1nn(-c2cc(Br)cc(CCl)c2)c2ncccc12.[C-]#N.[Na+]. The maximum Gasteiger partial charge on any atom is 1.00 e. The summed E-state index contributed by atoms with van der Waals surface area (Å²) in [6.07, 6.45) is 3.57. The van der Waals surface area contributed by atoms with Gasteiger partial charge in [-0.15, -0.1) is 11.6 Å². The molecule has 0 saturated heterocycles. The standard InChI is InChI=1S/C16H11BrN4O2.C15H11BrClN3O2.CN.CH4.Na/c1-23-16(22)14-13-3-2-6-19-15(13)21(20-14)12-8-10(4-5-18)7-11(17)9-12;1-22-15(21)13-12-3-2-4-18-14(12)20(19-13)11-6-9(8-17)5-10(16)7-11;1-2;;/h2-3,6-9H,4H2,1H3;2-7H,8H2,1H3;;1H4;/q;;-1;;+1. The molecule has 0 amide bonds. The molecule has 0 radical (unpaired) electrons. The molecule has 6 aromatic rings. The first kappa shape index (κ1) is 41.0. The van der Waals surface area contributed by atoms with E-state index in [0.717, 1.165) is 25.8 Å². The third-order valence-corrected chi connectivity index (χ3v) is 7.68. The average Bonchev–Trinajstić information content (AvgIpc) is 3.68. The number of carbonyl (C=O) groups is 2. The Bertz CT molecular complexity index is 2160. The smallest absolute Gasteiger partial charge is 0.512 e. The fourth-order valence-corrected chi connectivity index (χ4v) is 5.75. The van der Waals surface area contributed by atoms with E-state index >= 15 is 0 Å². The number of rotatable bonds is 6. The number of hydrogen-bond donors (Lipinski definition) is 0. The van der Waals surface area contributed by atoms with Crippen molar-refractivity contribution in [3.05, 3.63) is 111 Å². The van der Waals surface area contributed by atoms with Crippen LogP contribution < -0.4 is 29.6 Å². The van der Waals surface area contributed by atoms with Crippen LogP contribution in [0, 0.1) is 23.2 Å². The summed E-state index contributed by atoms with van der Waals surface area (Å²) in [6, 6.07) is 20.5. The number of carbonyl (C=O) groups excluding carboxylic acids is 2. The summed E-state index contributed by atoms with van der Waals surface area (Å²) in [7, 11) is 2.64. The summed E-state index contributed by atoms with van der Waals surface area (Å²) in [5.41, 5.74) is 4.83. The second-order valence-electron chi connectivity index (χ2n) is 9.36. The number of ether oxygens (including phenoxy) is 2. The Balaban J connectivity index is 0.000000312. The van der Waals surface area contributed by atoms with Gasteiger partial charge in [0, 0.05) is 27.2 Å². The molecule has 244 valence electrons. The molecule has 6 rings (SSSR count). The summed E-state index contributed by atoms with van der Waals surface area (Å²) in [5, 5.41) is 25.1. The molecule has 0 unspecified atom stereocenters. The topological polar surface area (TPSA) is 162 Å². The third-order valence-electron chi connectivity index (χ3n) is 6.45. The molecule has 16 heteroatoms. The summed E-state index contributed by atoms with van der Waals surface area (Å²) in [4.78, 5) is 32.5. The molecule has 4 aromatic heterocycles. The number of fused-ring (bicyclic) bond motifs is 2. The predicted octanol–water partition coefficient (Wildman–Crippen LogP) is 4.48. The van der Waals surface area contributed by atoms with E-state index in [9.17, 15) is 9.59 Å². The van der Waals surface area contributed by atoms with Crippen LogP contribution in [0.1, 0.15) is 39.5 Å². The molecule has 0 aliphatic carbocycles. The van der Waals surface area contributed by atoms with Crippen molar-refractivity contribution in [2.24, 2.45) is 0 Å². The monoisotopic (exact) mass is 814 g/mol. The zero-order chi connectivity index (χ0) is 34.1. The van der Waals surface area contributed by atoms with Crippen molar-refractivity contribution in [2.45, 2.75) is 19.7 Å². The van der Waals surface area contributed by atoms with E-state index in [1.54, 1.807) is 46.0 Å². The van der Waals surface area contributed by atoms with Crippen molar-refractivity contribution in [3.63, 3.8) is 0 Å². The minimum atomic E-state index is -0.519. The largest absolute Gasteiger partial charge is 1.00 e. The van der Waals surface area contributed by atoms with Gasteiger partial charge in [0.15, 0.2) is 22.7 Å². The van der Waals surface area contributed by atoms with Gasteiger partial charge >= 0.3 is 41.5 Å². The molecule has 0 spiro atoms. The normalized spacial score (nSPS) is 9.84. The van der Waals surface area contributed by atoms with Crippen molar-refractivity contribution in [3.8, 4) is 17.4 Å². The van der Waals surface area contributed by atoms with Crippen LogP contribution in [0.5, 0.6) is 0 Å². The van der Waals surface area contributed by atoms with E-state index < -0.39 is 11.9 Å². The first-order chi connectivity index (χ1) is 22.8. The van der Waals surface area contributed by atoms with Crippen LogP contribution in [0.4, 0.5) is 0 Å². The van der Waals surface area contributed by atoms with Crippen molar-refractivity contribution < 1.29 is 48.6 Å². The summed E-state index contributed by atoms with van der Waals surface area (Å²) < 4.78 is 14.5. The molecule has 0 atom stereocenters. The Kier molecular flexibility index (Phi) is 16.0. The Morgan fingerprint density at radius 3 is 1.65 bits per heavy atom. The molecule has 0 saturated carbocycles. The molecule has 0 bridgehead atoms.